The molecule has 0 aliphatic heterocycles. The Labute approximate surface area is 158 Å². The summed E-state index contributed by atoms with van der Waals surface area (Å²) in [6.07, 6.45) is 5.01. The molecule has 0 fully saturated rings. The normalized spacial score (nSPS) is 10.9. The van der Waals surface area contributed by atoms with E-state index in [1.807, 2.05) is 25.1 Å². The Morgan fingerprint density at radius 3 is 2.81 bits per heavy atom. The second-order valence-corrected chi connectivity index (χ2v) is 7.07. The van der Waals surface area contributed by atoms with Gasteiger partial charge in [-0.1, -0.05) is 23.5 Å². The number of carbonyl (C=O) groups excluding carboxylic acids is 1. The third-order valence-corrected chi connectivity index (χ3v) is 5.02. The van der Waals surface area contributed by atoms with Gasteiger partial charge in [0.05, 0.1) is 16.0 Å². The van der Waals surface area contributed by atoms with Gasteiger partial charge in [0.15, 0.2) is 5.13 Å². The van der Waals surface area contributed by atoms with E-state index in [0.29, 0.717) is 16.5 Å². The number of anilines is 1. The van der Waals surface area contributed by atoms with Crippen LogP contribution in [0.2, 0.25) is 0 Å². The van der Waals surface area contributed by atoms with Gasteiger partial charge in [-0.15, -0.1) is 0 Å². The zero-order valence-corrected chi connectivity index (χ0v) is 15.4. The Bertz CT molecular complexity index is 1230. The summed E-state index contributed by atoms with van der Waals surface area (Å²) in [6.45, 7) is 1.85. The summed E-state index contributed by atoms with van der Waals surface area (Å²) < 4.78 is 1.36. The van der Waals surface area contributed by atoms with Gasteiger partial charge in [0.2, 0.25) is 5.56 Å². The first-order chi connectivity index (χ1) is 13.0. The van der Waals surface area contributed by atoms with Gasteiger partial charge in [-0.25, -0.2) is 15.0 Å². The van der Waals surface area contributed by atoms with Crippen LogP contribution in [0.5, 0.6) is 0 Å². The van der Waals surface area contributed by atoms with E-state index in [-0.39, 0.29) is 11.5 Å². The maximum atomic E-state index is 12.4. The number of thiazole rings is 1. The van der Waals surface area contributed by atoms with Crippen LogP contribution in [0.25, 0.3) is 21.3 Å². The predicted molar refractivity (Wildman–Crippen MR) is 105 cm³/mol. The summed E-state index contributed by atoms with van der Waals surface area (Å²) in [7, 11) is 1.60. The molecule has 1 aromatic carbocycles. The van der Waals surface area contributed by atoms with Gasteiger partial charge in [0.25, 0.3) is 5.91 Å². The summed E-state index contributed by atoms with van der Waals surface area (Å²) in [6, 6.07) is 8.79. The molecule has 0 unspecified atom stereocenters. The van der Waals surface area contributed by atoms with E-state index in [0.717, 1.165) is 21.3 Å². The van der Waals surface area contributed by atoms with Crippen LogP contribution >= 0.6 is 11.3 Å². The van der Waals surface area contributed by atoms with Crippen LogP contribution in [0, 0.1) is 6.92 Å². The third-order valence-electron chi connectivity index (χ3n) is 4.06. The number of nitrogens with zero attached hydrogens (tertiary/aromatic N) is 4. The second-order valence-electron chi connectivity index (χ2n) is 6.04. The number of benzene rings is 1. The van der Waals surface area contributed by atoms with Crippen LogP contribution in [0.15, 0.2) is 53.7 Å². The van der Waals surface area contributed by atoms with Gasteiger partial charge in [0, 0.05) is 37.1 Å². The van der Waals surface area contributed by atoms with Crippen LogP contribution in [-0.4, -0.2) is 25.4 Å². The topological polar surface area (TPSA) is 89.8 Å². The molecule has 4 rings (SSSR count). The minimum absolute atomic E-state index is 0.168. The van der Waals surface area contributed by atoms with Gasteiger partial charge in [-0.2, -0.15) is 0 Å². The molecule has 1 amide bonds. The molecule has 27 heavy (non-hydrogen) atoms. The number of aryl methyl sites for hydroxylation is 2. The highest BCUT2D eigenvalue weighted by Gasteiger charge is 2.11. The van der Waals surface area contributed by atoms with Crippen molar-refractivity contribution in [1.29, 1.82) is 0 Å². The Morgan fingerprint density at radius 1 is 1.15 bits per heavy atom. The minimum Gasteiger partial charge on any atom is -0.318 e. The molecule has 0 bridgehead atoms. The second kappa shape index (κ2) is 6.73. The molecule has 3 heterocycles. The summed E-state index contributed by atoms with van der Waals surface area (Å²) in [5.74, 6) is 0.405. The number of rotatable bonds is 3. The quantitative estimate of drug-likeness (QED) is 0.593. The molecule has 0 aliphatic carbocycles. The highest BCUT2D eigenvalue weighted by molar-refractivity contribution is 7.19. The lowest BCUT2D eigenvalue weighted by Gasteiger charge is -2.03. The number of carbonyl (C=O) groups is 1. The standard InChI is InChI=1S/C19H15N5O2S/c1-11-20-8-13-4-3-12(7-15(13)22-11)16-9-21-19(27-16)23-18(26)14-5-6-17(25)24(2)10-14/h3-10H,1-2H3,(H,21,23,26). The molecule has 8 heteroatoms. The van der Waals surface area contributed by atoms with E-state index in [1.165, 1.54) is 34.2 Å². The van der Waals surface area contributed by atoms with Gasteiger partial charge in [-0.3, -0.25) is 14.9 Å². The molecular weight excluding hydrogens is 362 g/mol. The van der Waals surface area contributed by atoms with Gasteiger partial charge in [-0.05, 0) is 24.6 Å². The minimum atomic E-state index is -0.312. The molecule has 0 saturated heterocycles. The Morgan fingerprint density at radius 2 is 2.00 bits per heavy atom. The molecule has 0 radical (unpaired) electrons. The number of fused-ring (bicyclic) bond motifs is 1. The van der Waals surface area contributed by atoms with Crippen LogP contribution in [-0.2, 0) is 7.05 Å². The molecule has 4 aromatic rings. The summed E-state index contributed by atoms with van der Waals surface area (Å²) in [5.41, 5.74) is 2.06. The van der Waals surface area contributed by atoms with E-state index < -0.39 is 0 Å². The number of hydrogen-bond donors (Lipinski definition) is 1. The van der Waals surface area contributed by atoms with Gasteiger partial charge >= 0.3 is 0 Å². The van der Waals surface area contributed by atoms with Crippen LogP contribution in [0.4, 0.5) is 5.13 Å². The number of amides is 1. The van der Waals surface area contributed by atoms with Crippen molar-refractivity contribution in [2.75, 3.05) is 5.32 Å². The van der Waals surface area contributed by atoms with Crippen molar-refractivity contribution in [2.45, 2.75) is 6.92 Å². The lowest BCUT2D eigenvalue weighted by Crippen LogP contribution is -2.19. The van der Waals surface area contributed by atoms with Gasteiger partial charge in [0.1, 0.15) is 5.82 Å². The predicted octanol–water partition coefficient (Wildman–Crippen LogP) is 3.01. The maximum Gasteiger partial charge on any atom is 0.258 e. The lowest BCUT2D eigenvalue weighted by molar-refractivity contribution is 0.102. The fraction of sp³-hybridized carbons (Fsp3) is 0.105. The number of aromatic nitrogens is 4. The Hall–Kier alpha value is -3.39. The van der Waals surface area contributed by atoms with E-state index in [4.69, 9.17) is 0 Å². The van der Waals surface area contributed by atoms with Crippen LogP contribution in [0.3, 0.4) is 0 Å². The average molecular weight is 377 g/mol. The molecule has 7 nitrogen and oxygen atoms in total. The molecule has 0 spiro atoms. The number of pyridine rings is 1. The van der Waals surface area contributed by atoms with Crippen molar-refractivity contribution in [3.8, 4) is 10.4 Å². The molecule has 0 aliphatic rings. The lowest BCUT2D eigenvalue weighted by atomic mass is 10.1. The van der Waals surface area contributed by atoms with Crippen molar-refractivity contribution >= 4 is 33.3 Å². The van der Waals surface area contributed by atoms with Crippen molar-refractivity contribution in [1.82, 2.24) is 19.5 Å². The van der Waals surface area contributed by atoms with Crippen molar-refractivity contribution in [3.05, 3.63) is 70.7 Å². The largest absolute Gasteiger partial charge is 0.318 e. The number of nitrogens with one attached hydrogen (secondary N) is 1. The first kappa shape index (κ1) is 17.0. The summed E-state index contributed by atoms with van der Waals surface area (Å²) in [4.78, 5) is 37.6. The fourth-order valence-electron chi connectivity index (χ4n) is 2.63. The van der Waals surface area contributed by atoms with Gasteiger partial charge < -0.3 is 4.57 Å². The molecular formula is C19H15N5O2S. The SMILES string of the molecule is Cc1ncc2ccc(-c3cnc(NC(=O)c4ccc(=O)n(C)c4)s3)cc2n1. The highest BCUT2D eigenvalue weighted by Crippen LogP contribution is 2.30. The van der Waals surface area contributed by atoms with Crippen LogP contribution < -0.4 is 10.9 Å². The first-order valence-electron chi connectivity index (χ1n) is 8.17. The Kier molecular flexibility index (Phi) is 4.25. The number of hydrogen-bond acceptors (Lipinski definition) is 6. The molecule has 0 atom stereocenters. The van der Waals surface area contributed by atoms with E-state index >= 15 is 0 Å². The van der Waals surface area contributed by atoms with Crippen molar-refractivity contribution in [2.24, 2.45) is 7.05 Å². The zero-order chi connectivity index (χ0) is 19.0. The summed E-state index contributed by atoms with van der Waals surface area (Å²) in [5, 5.41) is 4.23. The highest BCUT2D eigenvalue weighted by atomic mass is 32.1. The average Bonchev–Trinajstić information content (AvgIpc) is 3.11. The van der Waals surface area contributed by atoms with Crippen molar-refractivity contribution in [3.63, 3.8) is 0 Å². The monoisotopic (exact) mass is 377 g/mol. The molecule has 1 N–H and O–H groups in total. The van der Waals surface area contributed by atoms with E-state index in [1.54, 1.807) is 19.4 Å². The molecule has 3 aromatic heterocycles. The van der Waals surface area contributed by atoms with E-state index in [9.17, 15) is 9.59 Å². The third kappa shape index (κ3) is 3.47. The Balaban J connectivity index is 1.58. The van der Waals surface area contributed by atoms with Crippen LogP contribution in [0.1, 0.15) is 16.2 Å². The van der Waals surface area contributed by atoms with Crippen molar-refractivity contribution < 1.29 is 4.79 Å². The van der Waals surface area contributed by atoms with E-state index in [2.05, 4.69) is 20.3 Å². The molecule has 134 valence electrons. The maximum absolute atomic E-state index is 12.4. The zero-order valence-electron chi connectivity index (χ0n) is 14.6. The first-order valence-corrected chi connectivity index (χ1v) is 8.99. The summed E-state index contributed by atoms with van der Waals surface area (Å²) >= 11 is 1.37. The molecule has 0 saturated carbocycles. The smallest absolute Gasteiger partial charge is 0.258 e. The fourth-order valence-corrected chi connectivity index (χ4v) is 3.44.